The zero-order chi connectivity index (χ0) is 19.1. The highest BCUT2D eigenvalue weighted by atomic mass is 79.9. The lowest BCUT2D eigenvalue weighted by atomic mass is 10.2. The molecule has 0 saturated carbocycles. The molecule has 1 fully saturated rings. The third-order valence-corrected chi connectivity index (χ3v) is 4.99. The Kier molecular flexibility index (Phi) is 7.46. The van der Waals surface area contributed by atoms with Crippen LogP contribution in [0.15, 0.2) is 26.8 Å². The van der Waals surface area contributed by atoms with E-state index in [-0.39, 0.29) is 17.5 Å². The Hall–Kier alpha value is -2.07. The van der Waals surface area contributed by atoms with Crippen LogP contribution in [-0.4, -0.2) is 47.3 Å². The highest BCUT2D eigenvalue weighted by Gasteiger charge is 2.32. The van der Waals surface area contributed by atoms with Crippen molar-refractivity contribution in [2.45, 2.75) is 25.0 Å². The third-order valence-electron chi connectivity index (χ3n) is 3.23. The van der Waals surface area contributed by atoms with Gasteiger partial charge in [0.25, 0.3) is 0 Å². The Morgan fingerprint density at radius 3 is 2.88 bits per heavy atom. The summed E-state index contributed by atoms with van der Waals surface area (Å²) in [6.45, 7) is 2.60. The number of halogens is 1. The van der Waals surface area contributed by atoms with Crippen molar-refractivity contribution >= 4 is 51.0 Å². The van der Waals surface area contributed by atoms with Crippen LogP contribution in [0, 0.1) is 0 Å². The number of hydrogen-bond acceptors (Lipinski definition) is 7. The van der Waals surface area contributed by atoms with Crippen LogP contribution in [0.5, 0.6) is 11.5 Å². The number of carboxylic acids is 1. The lowest BCUT2D eigenvalue weighted by Crippen LogP contribution is -2.26. The molecule has 1 saturated heterocycles. The van der Waals surface area contributed by atoms with Crippen molar-refractivity contribution in [2.24, 2.45) is 10.2 Å². The van der Waals surface area contributed by atoms with Gasteiger partial charge in [-0.2, -0.15) is 5.10 Å². The van der Waals surface area contributed by atoms with Crippen LogP contribution in [0.4, 0.5) is 0 Å². The van der Waals surface area contributed by atoms with Gasteiger partial charge in [0.1, 0.15) is 5.25 Å². The summed E-state index contributed by atoms with van der Waals surface area (Å²) in [5, 5.41) is 18.7. The molecule has 26 heavy (non-hydrogen) atoms. The predicted molar refractivity (Wildman–Crippen MR) is 103 cm³/mol. The first kappa shape index (κ1) is 20.2. The van der Waals surface area contributed by atoms with Crippen LogP contribution in [-0.2, 0) is 9.59 Å². The Labute approximate surface area is 163 Å². The van der Waals surface area contributed by atoms with E-state index in [0.717, 1.165) is 22.7 Å². The number of carbonyl (C=O) groups is 2. The number of nitrogens with zero attached hydrogens (tertiary/aromatic N) is 2. The Balaban J connectivity index is 2.10. The van der Waals surface area contributed by atoms with Crippen LogP contribution in [0.1, 0.15) is 25.3 Å². The molecule has 0 bridgehead atoms. The van der Waals surface area contributed by atoms with E-state index in [4.69, 9.17) is 14.6 Å². The number of thioether (sulfide) groups is 1. The van der Waals surface area contributed by atoms with E-state index in [1.54, 1.807) is 19.2 Å². The van der Waals surface area contributed by atoms with E-state index in [1.807, 2.05) is 6.92 Å². The van der Waals surface area contributed by atoms with Crippen molar-refractivity contribution < 1.29 is 24.2 Å². The molecule has 1 aromatic carbocycles. The van der Waals surface area contributed by atoms with Crippen molar-refractivity contribution in [1.82, 2.24) is 5.32 Å². The summed E-state index contributed by atoms with van der Waals surface area (Å²) >= 11 is 4.49. The highest BCUT2D eigenvalue weighted by Crippen LogP contribution is 2.33. The quantitative estimate of drug-likeness (QED) is 0.471. The number of amides is 1. The van der Waals surface area contributed by atoms with Crippen LogP contribution >= 0.6 is 27.7 Å². The molecule has 1 aliphatic rings. The van der Waals surface area contributed by atoms with E-state index in [9.17, 15) is 9.59 Å². The summed E-state index contributed by atoms with van der Waals surface area (Å²) in [5.74, 6) is -0.226. The van der Waals surface area contributed by atoms with E-state index in [1.165, 1.54) is 6.21 Å². The summed E-state index contributed by atoms with van der Waals surface area (Å²) in [4.78, 5) is 22.4. The summed E-state index contributed by atoms with van der Waals surface area (Å²) < 4.78 is 11.7. The zero-order valence-corrected chi connectivity index (χ0v) is 16.6. The van der Waals surface area contributed by atoms with Crippen molar-refractivity contribution in [1.29, 1.82) is 0 Å². The van der Waals surface area contributed by atoms with Crippen LogP contribution < -0.4 is 14.8 Å². The number of ether oxygens (including phenoxy) is 2. The molecule has 0 aliphatic carbocycles. The number of aliphatic carboxylic acids is 1. The van der Waals surface area contributed by atoms with Gasteiger partial charge >= 0.3 is 5.97 Å². The Morgan fingerprint density at radius 2 is 2.23 bits per heavy atom. The lowest BCUT2D eigenvalue weighted by Gasteiger charge is -2.11. The molecule has 1 aliphatic heterocycles. The van der Waals surface area contributed by atoms with E-state index >= 15 is 0 Å². The van der Waals surface area contributed by atoms with E-state index in [2.05, 4.69) is 31.4 Å². The molecule has 140 valence electrons. The average Bonchev–Trinajstić information content (AvgIpc) is 2.93. The second kappa shape index (κ2) is 9.58. The summed E-state index contributed by atoms with van der Waals surface area (Å²) in [5.41, 5.74) is 0.714. The van der Waals surface area contributed by atoms with Crippen molar-refractivity contribution in [3.8, 4) is 11.5 Å². The maximum absolute atomic E-state index is 11.6. The fourth-order valence-corrected chi connectivity index (χ4v) is 3.36. The Morgan fingerprint density at radius 1 is 1.46 bits per heavy atom. The lowest BCUT2D eigenvalue weighted by molar-refractivity contribution is -0.138. The highest BCUT2D eigenvalue weighted by molar-refractivity contribution is 9.10. The molecular formula is C16H18BrN3O5S. The van der Waals surface area contributed by atoms with Gasteiger partial charge in [0, 0.05) is 10.0 Å². The van der Waals surface area contributed by atoms with Gasteiger partial charge in [-0.15, -0.1) is 5.10 Å². The monoisotopic (exact) mass is 443 g/mol. The largest absolute Gasteiger partial charge is 0.493 e. The number of benzene rings is 1. The minimum absolute atomic E-state index is 0.263. The second-order valence-electron chi connectivity index (χ2n) is 5.22. The van der Waals surface area contributed by atoms with Crippen LogP contribution in [0.2, 0.25) is 0 Å². The first-order valence-corrected chi connectivity index (χ1v) is 9.42. The number of hydrogen-bond donors (Lipinski definition) is 2. The second-order valence-corrected chi connectivity index (χ2v) is 7.26. The molecule has 0 aromatic heterocycles. The average molecular weight is 444 g/mol. The van der Waals surface area contributed by atoms with Gasteiger partial charge in [-0.1, -0.05) is 18.7 Å². The first-order valence-electron chi connectivity index (χ1n) is 7.75. The number of methoxy groups -OCH3 is 1. The molecule has 8 nitrogen and oxygen atoms in total. The van der Waals surface area contributed by atoms with Crippen LogP contribution in [0.3, 0.4) is 0 Å². The SMILES string of the molecule is CCCOc1cc(Br)c(C=NN=C2NC(=O)C(CC(=O)O)S2)cc1OC. The van der Waals surface area contributed by atoms with Gasteiger partial charge in [0.15, 0.2) is 16.7 Å². The molecule has 10 heteroatoms. The van der Waals surface area contributed by atoms with Crippen molar-refractivity contribution in [2.75, 3.05) is 13.7 Å². The fraction of sp³-hybridized carbons (Fsp3) is 0.375. The van der Waals surface area contributed by atoms with Gasteiger partial charge in [0.05, 0.1) is 26.4 Å². The van der Waals surface area contributed by atoms with Crippen molar-refractivity contribution in [3.05, 3.63) is 22.2 Å². The molecule has 0 spiro atoms. The smallest absolute Gasteiger partial charge is 0.305 e. The molecule has 1 atom stereocenters. The number of amidine groups is 1. The van der Waals surface area contributed by atoms with Gasteiger partial charge in [0.2, 0.25) is 5.91 Å². The molecule has 2 N–H and O–H groups in total. The maximum Gasteiger partial charge on any atom is 0.305 e. The van der Waals surface area contributed by atoms with Crippen molar-refractivity contribution in [3.63, 3.8) is 0 Å². The predicted octanol–water partition coefficient (Wildman–Crippen LogP) is 2.64. The molecule has 0 radical (unpaired) electrons. The summed E-state index contributed by atoms with van der Waals surface area (Å²) in [6, 6.07) is 3.55. The zero-order valence-electron chi connectivity index (χ0n) is 14.2. The Bertz CT molecular complexity index is 754. The number of carbonyl (C=O) groups excluding carboxylic acids is 1. The van der Waals surface area contributed by atoms with Gasteiger partial charge in [-0.3, -0.25) is 9.59 Å². The fourth-order valence-electron chi connectivity index (χ4n) is 2.02. The number of carboxylic acid groups (broad SMARTS) is 1. The minimum atomic E-state index is -1.04. The molecule has 1 unspecified atom stereocenters. The normalized spacial score (nSPS) is 18.3. The minimum Gasteiger partial charge on any atom is -0.493 e. The first-order chi connectivity index (χ1) is 12.4. The van der Waals surface area contributed by atoms with E-state index < -0.39 is 11.2 Å². The van der Waals surface area contributed by atoms with Gasteiger partial charge in [-0.05, 0) is 34.5 Å². The molecular weight excluding hydrogens is 426 g/mol. The van der Waals surface area contributed by atoms with Crippen LogP contribution in [0.25, 0.3) is 0 Å². The third kappa shape index (κ3) is 5.46. The van der Waals surface area contributed by atoms with Gasteiger partial charge in [-0.25, -0.2) is 0 Å². The molecule has 1 amide bonds. The number of nitrogens with one attached hydrogen (secondary N) is 1. The standard InChI is InChI=1S/C16H18BrN3O5S/c1-3-4-25-12-6-10(17)9(5-11(12)24-2)8-18-20-16-19-15(23)13(26-16)7-14(21)22/h5-6,8,13H,3-4,7H2,1-2H3,(H,21,22)(H,19,20,23). The topological polar surface area (TPSA) is 110 Å². The summed E-state index contributed by atoms with van der Waals surface area (Å²) in [6.07, 6.45) is 2.12. The molecule has 2 rings (SSSR count). The summed E-state index contributed by atoms with van der Waals surface area (Å²) in [7, 11) is 1.55. The maximum atomic E-state index is 11.6. The molecule has 1 heterocycles. The van der Waals surface area contributed by atoms with Gasteiger partial charge < -0.3 is 19.9 Å². The number of rotatable bonds is 8. The molecule has 1 aromatic rings. The van der Waals surface area contributed by atoms with E-state index in [0.29, 0.717) is 23.7 Å².